The Kier molecular flexibility index (Phi) is 3.81. The van der Waals surface area contributed by atoms with Gasteiger partial charge in [-0.15, -0.1) is 11.3 Å². The largest absolute Gasteiger partial charge is 0.438 e. The highest BCUT2D eigenvalue weighted by molar-refractivity contribution is 7.19. The predicted octanol–water partition coefficient (Wildman–Crippen LogP) is 8.02. The second-order valence-corrected chi connectivity index (χ2v) is 10.5. The van der Waals surface area contributed by atoms with E-state index in [4.69, 9.17) is 9.40 Å². The minimum absolute atomic E-state index is 0.0148. The standard InChI is InChI=1S/C27H22N2OS/c1-15-9-17-12-22-20(13-23(17)31-15)24-25(28-14-29-26(24)30-22)18-10-16-7-5-6-8-19(16)21(11-18)27(2,3)4/h5-14H,1-4H3. The fraction of sp³-hybridized carbons (Fsp3) is 0.185. The quantitative estimate of drug-likeness (QED) is 0.269. The van der Waals surface area contributed by atoms with Crippen molar-refractivity contribution in [3.8, 4) is 11.3 Å². The van der Waals surface area contributed by atoms with Crippen molar-refractivity contribution in [3.63, 3.8) is 0 Å². The number of aromatic nitrogens is 2. The first-order chi connectivity index (χ1) is 14.9. The van der Waals surface area contributed by atoms with Gasteiger partial charge in [0.1, 0.15) is 11.9 Å². The summed E-state index contributed by atoms with van der Waals surface area (Å²) in [4.78, 5) is 10.5. The molecule has 0 N–H and O–H groups in total. The van der Waals surface area contributed by atoms with Gasteiger partial charge in [-0.3, -0.25) is 0 Å². The van der Waals surface area contributed by atoms with Crippen molar-refractivity contribution in [2.75, 3.05) is 0 Å². The zero-order valence-corrected chi connectivity index (χ0v) is 18.8. The van der Waals surface area contributed by atoms with Crippen LogP contribution in [0, 0.1) is 6.92 Å². The molecule has 3 aromatic carbocycles. The summed E-state index contributed by atoms with van der Waals surface area (Å²) in [5.41, 5.74) is 4.85. The van der Waals surface area contributed by atoms with Crippen LogP contribution in [-0.4, -0.2) is 9.97 Å². The number of aryl methyl sites for hydroxylation is 1. The molecular formula is C27H22N2OS. The fourth-order valence-corrected chi connectivity index (χ4v) is 5.50. The van der Waals surface area contributed by atoms with E-state index in [2.05, 4.69) is 87.3 Å². The van der Waals surface area contributed by atoms with Crippen LogP contribution in [0.4, 0.5) is 0 Å². The van der Waals surface area contributed by atoms with Crippen LogP contribution in [0.15, 0.2) is 65.3 Å². The lowest BCUT2D eigenvalue weighted by atomic mass is 9.82. The maximum atomic E-state index is 6.17. The van der Waals surface area contributed by atoms with Gasteiger partial charge < -0.3 is 4.42 Å². The molecule has 3 heterocycles. The van der Waals surface area contributed by atoms with E-state index >= 15 is 0 Å². The van der Waals surface area contributed by atoms with Gasteiger partial charge in [0.2, 0.25) is 5.71 Å². The molecule has 0 saturated heterocycles. The third kappa shape index (κ3) is 2.86. The molecule has 0 spiro atoms. The Balaban J connectivity index is 1.71. The molecule has 31 heavy (non-hydrogen) atoms. The SMILES string of the molecule is Cc1cc2cc3oc4ncnc(-c5cc(C(C)(C)C)c6ccccc6c5)c4c3cc2s1. The Morgan fingerprint density at radius 2 is 1.71 bits per heavy atom. The molecule has 0 atom stereocenters. The monoisotopic (exact) mass is 422 g/mol. The highest BCUT2D eigenvalue weighted by Crippen LogP contribution is 2.40. The van der Waals surface area contributed by atoms with E-state index in [1.54, 1.807) is 17.7 Å². The zero-order valence-electron chi connectivity index (χ0n) is 18.0. The summed E-state index contributed by atoms with van der Waals surface area (Å²) in [6.07, 6.45) is 1.61. The molecule has 6 aromatic rings. The van der Waals surface area contributed by atoms with Gasteiger partial charge in [0.25, 0.3) is 0 Å². The molecule has 0 radical (unpaired) electrons. The minimum Gasteiger partial charge on any atom is -0.438 e. The number of benzene rings is 3. The van der Waals surface area contributed by atoms with Crippen molar-refractivity contribution < 1.29 is 4.42 Å². The smallest absolute Gasteiger partial charge is 0.230 e. The van der Waals surface area contributed by atoms with Crippen LogP contribution in [0.2, 0.25) is 0 Å². The average molecular weight is 423 g/mol. The lowest BCUT2D eigenvalue weighted by molar-refractivity contribution is 0.596. The molecule has 0 aliphatic rings. The minimum atomic E-state index is 0.0148. The summed E-state index contributed by atoms with van der Waals surface area (Å²) >= 11 is 1.81. The van der Waals surface area contributed by atoms with Crippen LogP contribution in [0.1, 0.15) is 31.2 Å². The first kappa shape index (κ1) is 18.5. The second kappa shape index (κ2) is 6.38. The lowest BCUT2D eigenvalue weighted by Crippen LogP contribution is -2.12. The molecule has 0 saturated carbocycles. The molecule has 0 bridgehead atoms. The number of furan rings is 1. The molecule has 152 valence electrons. The molecule has 0 aliphatic carbocycles. The van der Waals surface area contributed by atoms with Gasteiger partial charge in [0, 0.05) is 20.5 Å². The van der Waals surface area contributed by atoms with Crippen LogP contribution in [0.3, 0.4) is 0 Å². The van der Waals surface area contributed by atoms with Gasteiger partial charge >= 0.3 is 0 Å². The van der Waals surface area contributed by atoms with E-state index < -0.39 is 0 Å². The third-order valence-electron chi connectivity index (χ3n) is 5.97. The van der Waals surface area contributed by atoms with Crippen molar-refractivity contribution >= 4 is 54.3 Å². The van der Waals surface area contributed by atoms with Crippen LogP contribution >= 0.6 is 11.3 Å². The maximum Gasteiger partial charge on any atom is 0.230 e. The van der Waals surface area contributed by atoms with E-state index in [1.165, 1.54) is 31.3 Å². The Hall–Kier alpha value is -3.24. The zero-order chi connectivity index (χ0) is 21.3. The van der Waals surface area contributed by atoms with E-state index in [1.807, 2.05) is 0 Å². The first-order valence-electron chi connectivity index (χ1n) is 10.5. The van der Waals surface area contributed by atoms with Crippen LogP contribution in [0.5, 0.6) is 0 Å². The van der Waals surface area contributed by atoms with Crippen molar-refractivity contribution in [1.82, 2.24) is 9.97 Å². The van der Waals surface area contributed by atoms with Crippen molar-refractivity contribution in [3.05, 3.63) is 71.4 Å². The Bertz CT molecular complexity index is 1630. The van der Waals surface area contributed by atoms with Gasteiger partial charge in [-0.05, 0) is 64.4 Å². The first-order valence-corrected chi connectivity index (χ1v) is 11.3. The van der Waals surface area contributed by atoms with E-state index in [-0.39, 0.29) is 5.41 Å². The number of hydrogen-bond donors (Lipinski definition) is 0. The number of fused-ring (bicyclic) bond motifs is 5. The Labute approximate surface area is 184 Å². The van der Waals surface area contributed by atoms with Crippen LogP contribution in [0.25, 0.3) is 54.2 Å². The van der Waals surface area contributed by atoms with Gasteiger partial charge in [-0.25, -0.2) is 9.97 Å². The normalized spacial score (nSPS) is 12.5. The number of thiophene rings is 1. The molecular weight excluding hydrogens is 400 g/mol. The summed E-state index contributed by atoms with van der Waals surface area (Å²) in [7, 11) is 0. The molecule has 3 aromatic heterocycles. The summed E-state index contributed by atoms with van der Waals surface area (Å²) in [6, 6.07) is 19.7. The van der Waals surface area contributed by atoms with Crippen molar-refractivity contribution in [2.24, 2.45) is 0 Å². The maximum absolute atomic E-state index is 6.17. The van der Waals surface area contributed by atoms with Crippen LogP contribution in [-0.2, 0) is 5.41 Å². The van der Waals surface area contributed by atoms with E-state index in [0.29, 0.717) is 5.71 Å². The second-order valence-electron chi connectivity index (χ2n) is 9.24. The van der Waals surface area contributed by atoms with Gasteiger partial charge in [-0.2, -0.15) is 0 Å². The molecule has 4 heteroatoms. The predicted molar refractivity (Wildman–Crippen MR) is 131 cm³/mol. The molecule has 3 nitrogen and oxygen atoms in total. The number of nitrogens with zero attached hydrogens (tertiary/aromatic N) is 2. The fourth-order valence-electron chi connectivity index (χ4n) is 4.56. The number of hydrogen-bond acceptors (Lipinski definition) is 4. The molecule has 0 amide bonds. The highest BCUT2D eigenvalue weighted by atomic mass is 32.1. The Morgan fingerprint density at radius 3 is 2.55 bits per heavy atom. The average Bonchev–Trinajstić information content (AvgIpc) is 3.28. The lowest BCUT2D eigenvalue weighted by Gasteiger charge is -2.22. The van der Waals surface area contributed by atoms with Crippen molar-refractivity contribution in [1.29, 1.82) is 0 Å². The summed E-state index contributed by atoms with van der Waals surface area (Å²) in [5.74, 6) is 0. The van der Waals surface area contributed by atoms with Crippen LogP contribution < -0.4 is 0 Å². The van der Waals surface area contributed by atoms with Crippen molar-refractivity contribution in [2.45, 2.75) is 33.1 Å². The number of rotatable bonds is 1. The third-order valence-corrected chi connectivity index (χ3v) is 6.99. The summed E-state index contributed by atoms with van der Waals surface area (Å²) in [6.45, 7) is 8.92. The molecule has 0 unspecified atom stereocenters. The van der Waals surface area contributed by atoms with Gasteiger partial charge in [-0.1, -0.05) is 45.0 Å². The highest BCUT2D eigenvalue weighted by Gasteiger charge is 2.21. The molecule has 0 fully saturated rings. The summed E-state index contributed by atoms with van der Waals surface area (Å²) in [5, 5.41) is 5.79. The van der Waals surface area contributed by atoms with Gasteiger partial charge in [0.05, 0.1) is 11.1 Å². The van der Waals surface area contributed by atoms with E-state index in [9.17, 15) is 0 Å². The molecule has 6 rings (SSSR count). The molecule has 0 aliphatic heterocycles. The topological polar surface area (TPSA) is 38.9 Å². The summed E-state index contributed by atoms with van der Waals surface area (Å²) < 4.78 is 7.43. The van der Waals surface area contributed by atoms with E-state index in [0.717, 1.165) is 27.6 Å². The Morgan fingerprint density at radius 1 is 0.871 bits per heavy atom. The van der Waals surface area contributed by atoms with Gasteiger partial charge in [0.15, 0.2) is 0 Å².